The van der Waals surface area contributed by atoms with Crippen molar-refractivity contribution in [1.82, 2.24) is 0 Å². The first-order chi connectivity index (χ1) is 15.1. The highest BCUT2D eigenvalue weighted by molar-refractivity contribution is 7.10. The monoisotopic (exact) mass is 428 g/mol. The van der Waals surface area contributed by atoms with Gasteiger partial charge >= 0.3 is 0 Å². The summed E-state index contributed by atoms with van der Waals surface area (Å²) in [6.45, 7) is 5.62. The summed E-state index contributed by atoms with van der Waals surface area (Å²) in [4.78, 5) is 27.3. The minimum Gasteiger partial charge on any atom is -0.489 e. The molecule has 0 saturated heterocycles. The summed E-state index contributed by atoms with van der Waals surface area (Å²) in [5.74, 6) is 0.485. The zero-order chi connectivity index (χ0) is 21.8. The van der Waals surface area contributed by atoms with Crippen molar-refractivity contribution in [2.75, 3.05) is 6.61 Å². The molecule has 0 N–H and O–H groups in total. The second-order valence-corrected chi connectivity index (χ2v) is 7.86. The highest BCUT2D eigenvalue weighted by Gasteiger charge is 2.21. The molecule has 0 fully saturated rings. The molecule has 0 atom stereocenters. The fraction of sp³-hybridized carbons (Fsp3) is 0.0769. The summed E-state index contributed by atoms with van der Waals surface area (Å²) in [5, 5.41) is 2.28. The van der Waals surface area contributed by atoms with E-state index < -0.39 is 0 Å². The van der Waals surface area contributed by atoms with Gasteiger partial charge in [-0.1, -0.05) is 49.1 Å². The van der Waals surface area contributed by atoms with Crippen LogP contribution in [0.5, 0.6) is 5.75 Å². The summed E-state index contributed by atoms with van der Waals surface area (Å²) in [7, 11) is 0. The number of hydrogen-bond donors (Lipinski definition) is 0. The molecule has 2 aromatic heterocycles. The number of carbonyl (C=O) groups is 1. The van der Waals surface area contributed by atoms with Crippen molar-refractivity contribution in [3.05, 3.63) is 105 Å². The molecule has 0 unspecified atom stereocenters. The van der Waals surface area contributed by atoms with Gasteiger partial charge in [-0.25, -0.2) is 0 Å². The second kappa shape index (κ2) is 8.98. The molecule has 2 aromatic carbocycles. The summed E-state index contributed by atoms with van der Waals surface area (Å²) < 4.78 is 11.9. The molecule has 0 radical (unpaired) electrons. The van der Waals surface area contributed by atoms with Crippen molar-refractivity contribution >= 4 is 34.2 Å². The number of allylic oxidation sites excluding steroid dienone is 1. The van der Waals surface area contributed by atoms with Crippen LogP contribution in [0.4, 0.5) is 0 Å². The Kier molecular flexibility index (Phi) is 5.96. The Balaban J connectivity index is 1.95. The third kappa shape index (κ3) is 4.13. The molecule has 31 heavy (non-hydrogen) atoms. The lowest BCUT2D eigenvalue weighted by Crippen LogP contribution is -2.11. The number of fused-ring (bicyclic) bond motifs is 1. The van der Waals surface area contributed by atoms with Gasteiger partial charge in [-0.15, -0.1) is 11.3 Å². The Bertz CT molecular complexity index is 1330. The van der Waals surface area contributed by atoms with Crippen LogP contribution < -0.4 is 10.2 Å². The highest BCUT2D eigenvalue weighted by atomic mass is 32.1. The molecule has 4 aromatic rings. The first kappa shape index (κ1) is 20.6. The van der Waals surface area contributed by atoms with E-state index in [0.29, 0.717) is 22.5 Å². The van der Waals surface area contributed by atoms with E-state index in [1.54, 1.807) is 31.2 Å². The van der Waals surface area contributed by atoms with E-state index in [-0.39, 0.29) is 29.0 Å². The van der Waals surface area contributed by atoms with Crippen LogP contribution in [-0.4, -0.2) is 12.4 Å². The van der Waals surface area contributed by atoms with Crippen molar-refractivity contribution in [3.8, 4) is 17.1 Å². The van der Waals surface area contributed by atoms with Crippen LogP contribution in [0.15, 0.2) is 87.9 Å². The van der Waals surface area contributed by atoms with Gasteiger partial charge in [0.15, 0.2) is 16.8 Å². The maximum Gasteiger partial charge on any atom is 0.196 e. The predicted molar refractivity (Wildman–Crippen MR) is 126 cm³/mol. The lowest BCUT2D eigenvalue weighted by Gasteiger charge is -2.13. The molecule has 0 amide bonds. The third-order valence-electron chi connectivity index (χ3n) is 4.83. The average molecular weight is 429 g/mol. The first-order valence-corrected chi connectivity index (χ1v) is 10.6. The quantitative estimate of drug-likeness (QED) is 0.197. The van der Waals surface area contributed by atoms with E-state index in [4.69, 9.17) is 9.15 Å². The first-order valence-electron chi connectivity index (χ1n) is 9.75. The molecule has 0 saturated carbocycles. The number of benzene rings is 2. The van der Waals surface area contributed by atoms with E-state index in [1.165, 1.54) is 17.4 Å². The Labute approximate surface area is 183 Å². The Hall–Kier alpha value is -3.70. The summed E-state index contributed by atoms with van der Waals surface area (Å²) in [6.07, 6.45) is 4.82. The van der Waals surface area contributed by atoms with Gasteiger partial charge in [-0.3, -0.25) is 9.59 Å². The van der Waals surface area contributed by atoms with Crippen molar-refractivity contribution in [1.29, 1.82) is 0 Å². The number of thiophene rings is 1. The van der Waals surface area contributed by atoms with Gasteiger partial charge < -0.3 is 9.15 Å². The molecule has 0 aliphatic heterocycles. The molecule has 0 aliphatic rings. The van der Waals surface area contributed by atoms with E-state index in [2.05, 4.69) is 6.58 Å². The van der Waals surface area contributed by atoms with Gasteiger partial charge in [0, 0.05) is 16.0 Å². The van der Waals surface area contributed by atoms with Crippen LogP contribution in [0.3, 0.4) is 0 Å². The Morgan fingerprint density at radius 1 is 1.13 bits per heavy atom. The van der Waals surface area contributed by atoms with Crippen molar-refractivity contribution in [2.45, 2.75) is 6.92 Å². The molecule has 154 valence electrons. The molecular weight excluding hydrogens is 408 g/mol. The smallest absolute Gasteiger partial charge is 0.196 e. The largest absolute Gasteiger partial charge is 0.489 e. The molecule has 4 rings (SSSR count). The molecule has 2 heterocycles. The van der Waals surface area contributed by atoms with Crippen LogP contribution in [0, 0.1) is 6.92 Å². The number of rotatable bonds is 7. The Morgan fingerprint density at radius 2 is 1.94 bits per heavy atom. The normalized spacial score (nSPS) is 11.1. The average Bonchev–Trinajstić information content (AvgIpc) is 3.32. The van der Waals surface area contributed by atoms with Gasteiger partial charge in [0.25, 0.3) is 0 Å². The molecule has 0 bridgehead atoms. The van der Waals surface area contributed by atoms with Crippen LogP contribution in [0.25, 0.3) is 28.4 Å². The third-order valence-corrected chi connectivity index (χ3v) is 5.67. The van der Waals surface area contributed by atoms with Gasteiger partial charge in [0.1, 0.15) is 23.7 Å². The predicted octanol–water partition coefficient (Wildman–Crippen LogP) is 6.29. The van der Waals surface area contributed by atoms with Crippen molar-refractivity contribution < 1.29 is 13.9 Å². The van der Waals surface area contributed by atoms with Gasteiger partial charge in [0.2, 0.25) is 0 Å². The van der Waals surface area contributed by atoms with Crippen LogP contribution in [-0.2, 0) is 0 Å². The Morgan fingerprint density at radius 3 is 2.65 bits per heavy atom. The zero-order valence-electron chi connectivity index (χ0n) is 17.0. The number of ketones is 1. The molecule has 5 heteroatoms. The number of ether oxygens (including phenoxy) is 1. The van der Waals surface area contributed by atoms with Gasteiger partial charge in [-0.05, 0) is 42.7 Å². The highest BCUT2D eigenvalue weighted by Crippen LogP contribution is 2.32. The van der Waals surface area contributed by atoms with E-state index in [0.717, 1.165) is 10.4 Å². The van der Waals surface area contributed by atoms with Crippen LogP contribution in [0.1, 0.15) is 20.8 Å². The second-order valence-electron chi connectivity index (χ2n) is 6.88. The SMILES string of the molecule is C=CCOc1ccc2c(=O)c(C)c(-c3ccccc3)oc2c1C(=O)C=Cc1cccs1. The van der Waals surface area contributed by atoms with E-state index in [1.807, 2.05) is 47.8 Å². The zero-order valence-corrected chi connectivity index (χ0v) is 17.8. The summed E-state index contributed by atoms with van der Waals surface area (Å²) in [5.41, 5.74) is 1.53. The molecular formula is C26H20O4S. The van der Waals surface area contributed by atoms with Crippen LogP contribution >= 0.6 is 11.3 Å². The van der Waals surface area contributed by atoms with Gasteiger partial charge in [0.05, 0.1) is 5.39 Å². The maximum atomic E-state index is 13.2. The fourth-order valence-electron chi connectivity index (χ4n) is 3.33. The lowest BCUT2D eigenvalue weighted by molar-refractivity contribution is 0.104. The minimum atomic E-state index is -0.302. The fourth-order valence-corrected chi connectivity index (χ4v) is 3.95. The van der Waals surface area contributed by atoms with Crippen molar-refractivity contribution in [2.24, 2.45) is 0 Å². The van der Waals surface area contributed by atoms with Gasteiger partial charge in [-0.2, -0.15) is 0 Å². The molecule has 4 nitrogen and oxygen atoms in total. The van der Waals surface area contributed by atoms with E-state index >= 15 is 0 Å². The molecule has 0 spiro atoms. The van der Waals surface area contributed by atoms with Crippen LogP contribution in [0.2, 0.25) is 0 Å². The topological polar surface area (TPSA) is 56.5 Å². The van der Waals surface area contributed by atoms with Crippen molar-refractivity contribution in [3.63, 3.8) is 0 Å². The minimum absolute atomic E-state index is 0.174. The van der Waals surface area contributed by atoms with E-state index in [9.17, 15) is 9.59 Å². The number of carbonyl (C=O) groups excluding carboxylic acids is 1. The number of hydrogen-bond acceptors (Lipinski definition) is 5. The molecule has 0 aliphatic carbocycles. The standard InChI is InChI=1S/C26H20O4S/c1-3-15-29-22-14-12-20-24(28)17(2)25(18-8-5-4-6-9-18)30-26(20)23(22)21(27)13-11-19-10-7-16-31-19/h3-14,16H,1,15H2,2H3. The maximum absolute atomic E-state index is 13.2. The lowest BCUT2D eigenvalue weighted by atomic mass is 10.0. The summed E-state index contributed by atoms with van der Waals surface area (Å²) in [6, 6.07) is 16.5. The summed E-state index contributed by atoms with van der Waals surface area (Å²) >= 11 is 1.53.